The predicted molar refractivity (Wildman–Crippen MR) is 63.8 cm³/mol. The predicted octanol–water partition coefficient (Wildman–Crippen LogP) is 3.03. The van der Waals surface area contributed by atoms with Crippen molar-refractivity contribution in [1.29, 1.82) is 0 Å². The molecule has 0 aromatic rings. The third kappa shape index (κ3) is 1.90. The van der Waals surface area contributed by atoms with Crippen LogP contribution in [0.4, 0.5) is 0 Å². The van der Waals surface area contributed by atoms with Crippen molar-refractivity contribution in [2.75, 3.05) is 6.61 Å². The molecule has 0 radical (unpaired) electrons. The van der Waals surface area contributed by atoms with Crippen molar-refractivity contribution in [2.24, 2.45) is 29.6 Å². The van der Waals surface area contributed by atoms with Crippen molar-refractivity contribution < 1.29 is 9.53 Å². The summed E-state index contributed by atoms with van der Waals surface area (Å²) < 4.78 is 5.29. The largest absolute Gasteiger partial charge is 0.462 e. The zero-order valence-corrected chi connectivity index (χ0v) is 10.5. The fourth-order valence-electron chi connectivity index (χ4n) is 3.59. The first-order chi connectivity index (χ1) is 7.50. The first-order valence-corrected chi connectivity index (χ1v) is 6.33. The molecule has 5 atom stereocenters. The molecular weight excluding hydrogens is 200 g/mol. The first-order valence-electron chi connectivity index (χ1n) is 6.33. The Morgan fingerprint density at radius 1 is 1.31 bits per heavy atom. The van der Waals surface area contributed by atoms with E-state index >= 15 is 0 Å². The lowest BCUT2D eigenvalue weighted by molar-refractivity contribution is -0.141. The topological polar surface area (TPSA) is 26.3 Å². The molecule has 2 heteroatoms. The molecular formula is C14H22O2. The van der Waals surface area contributed by atoms with Crippen LogP contribution in [0.5, 0.6) is 0 Å². The van der Waals surface area contributed by atoms with Gasteiger partial charge in [-0.05, 0) is 49.4 Å². The molecule has 0 aromatic carbocycles. The highest BCUT2D eigenvalue weighted by molar-refractivity contribution is 5.86. The third-order valence-electron chi connectivity index (χ3n) is 4.81. The Labute approximate surface area is 98.1 Å². The summed E-state index contributed by atoms with van der Waals surface area (Å²) in [6.45, 7) is 10.6. The van der Waals surface area contributed by atoms with Crippen molar-refractivity contribution in [3.8, 4) is 0 Å². The van der Waals surface area contributed by atoms with Crippen LogP contribution in [-0.2, 0) is 9.53 Å². The van der Waals surface area contributed by atoms with E-state index in [4.69, 9.17) is 4.74 Å². The summed E-state index contributed by atoms with van der Waals surface area (Å²) in [5, 5.41) is 0. The van der Waals surface area contributed by atoms with Crippen molar-refractivity contribution in [3.63, 3.8) is 0 Å². The van der Waals surface area contributed by atoms with Gasteiger partial charge in [-0.3, -0.25) is 0 Å². The molecule has 0 heterocycles. The monoisotopic (exact) mass is 222 g/mol. The van der Waals surface area contributed by atoms with Gasteiger partial charge < -0.3 is 4.74 Å². The van der Waals surface area contributed by atoms with Crippen LogP contribution in [0, 0.1) is 29.6 Å². The van der Waals surface area contributed by atoms with Crippen molar-refractivity contribution in [3.05, 3.63) is 12.2 Å². The number of carbonyl (C=O) groups excluding carboxylic acids is 1. The maximum absolute atomic E-state index is 11.3. The Bertz CT molecular complexity index is 306. The maximum atomic E-state index is 11.3. The van der Waals surface area contributed by atoms with Gasteiger partial charge in [0.05, 0.1) is 6.61 Å². The smallest absolute Gasteiger partial charge is 0.333 e. The summed E-state index contributed by atoms with van der Waals surface area (Å²) in [5.41, 5.74) is 0.504. The fourth-order valence-corrected chi connectivity index (χ4v) is 3.59. The maximum Gasteiger partial charge on any atom is 0.333 e. The molecule has 0 aromatic heterocycles. The first kappa shape index (κ1) is 11.7. The Morgan fingerprint density at radius 3 is 2.50 bits per heavy atom. The molecule has 16 heavy (non-hydrogen) atoms. The quantitative estimate of drug-likeness (QED) is 0.542. The molecule has 2 bridgehead atoms. The van der Waals surface area contributed by atoms with Crippen LogP contribution in [0.25, 0.3) is 0 Å². The fraction of sp³-hybridized carbons (Fsp3) is 0.786. The van der Waals surface area contributed by atoms with Gasteiger partial charge in [0.1, 0.15) is 0 Å². The van der Waals surface area contributed by atoms with Gasteiger partial charge in [-0.25, -0.2) is 4.79 Å². The van der Waals surface area contributed by atoms with E-state index < -0.39 is 0 Å². The second kappa shape index (κ2) is 4.23. The molecule has 5 unspecified atom stereocenters. The van der Waals surface area contributed by atoms with Gasteiger partial charge in [-0.2, -0.15) is 0 Å². The molecule has 2 fully saturated rings. The SMILES string of the molecule is C=C(C)C(=O)OCC1CC2CC1C(C)C2C. The molecule has 2 saturated carbocycles. The highest BCUT2D eigenvalue weighted by atomic mass is 16.5. The van der Waals surface area contributed by atoms with Crippen molar-refractivity contribution in [2.45, 2.75) is 33.6 Å². The van der Waals surface area contributed by atoms with Gasteiger partial charge in [0, 0.05) is 5.57 Å². The molecule has 2 rings (SSSR count). The normalized spacial score (nSPS) is 41.1. The molecule has 2 aliphatic carbocycles. The molecule has 0 aliphatic heterocycles. The van der Waals surface area contributed by atoms with E-state index in [2.05, 4.69) is 20.4 Å². The third-order valence-corrected chi connectivity index (χ3v) is 4.81. The molecule has 90 valence electrons. The van der Waals surface area contributed by atoms with Gasteiger partial charge in [0.15, 0.2) is 0 Å². The number of rotatable bonds is 3. The highest BCUT2D eigenvalue weighted by Gasteiger charge is 2.48. The van der Waals surface area contributed by atoms with E-state index in [9.17, 15) is 4.79 Å². The lowest BCUT2D eigenvalue weighted by Crippen LogP contribution is -2.28. The van der Waals surface area contributed by atoms with E-state index in [1.165, 1.54) is 12.8 Å². The zero-order valence-electron chi connectivity index (χ0n) is 10.5. The molecule has 0 saturated heterocycles. The lowest BCUT2D eigenvalue weighted by atomic mass is 9.76. The summed E-state index contributed by atoms with van der Waals surface area (Å²) in [5.74, 6) is 3.67. The molecule has 0 spiro atoms. The number of hydrogen-bond acceptors (Lipinski definition) is 2. The summed E-state index contributed by atoms with van der Waals surface area (Å²) in [4.78, 5) is 11.3. The summed E-state index contributed by atoms with van der Waals surface area (Å²) >= 11 is 0. The second-order valence-corrected chi connectivity index (χ2v) is 5.75. The Kier molecular flexibility index (Phi) is 3.09. The van der Waals surface area contributed by atoms with E-state index in [1.807, 2.05) is 0 Å². The van der Waals surface area contributed by atoms with E-state index in [1.54, 1.807) is 6.92 Å². The van der Waals surface area contributed by atoms with Crippen LogP contribution >= 0.6 is 0 Å². The zero-order chi connectivity index (χ0) is 11.9. The molecule has 0 amide bonds. The van der Waals surface area contributed by atoms with Gasteiger partial charge in [0.25, 0.3) is 0 Å². The average Bonchev–Trinajstić information content (AvgIpc) is 2.76. The number of carbonyl (C=O) groups is 1. The summed E-state index contributed by atoms with van der Waals surface area (Å²) in [6, 6.07) is 0. The van der Waals surface area contributed by atoms with Gasteiger partial charge in [-0.1, -0.05) is 20.4 Å². The Balaban J connectivity index is 1.86. The van der Waals surface area contributed by atoms with E-state index in [0.29, 0.717) is 18.1 Å². The minimum atomic E-state index is -0.233. The standard InChI is InChI=1S/C14H22O2/c1-8(2)14(15)16-7-12-5-11-6-13(12)10(4)9(11)3/h9-13H,1,5-7H2,2-4H3. The minimum Gasteiger partial charge on any atom is -0.462 e. The van der Waals surface area contributed by atoms with Crippen LogP contribution in [0.2, 0.25) is 0 Å². The summed E-state index contributed by atoms with van der Waals surface area (Å²) in [7, 11) is 0. The van der Waals surface area contributed by atoms with E-state index in [-0.39, 0.29) is 5.97 Å². The average molecular weight is 222 g/mol. The van der Waals surface area contributed by atoms with Gasteiger partial charge in [0.2, 0.25) is 0 Å². The highest BCUT2D eigenvalue weighted by Crippen LogP contribution is 2.54. The van der Waals surface area contributed by atoms with E-state index in [0.717, 1.165) is 23.7 Å². The van der Waals surface area contributed by atoms with Crippen LogP contribution in [0.15, 0.2) is 12.2 Å². The van der Waals surface area contributed by atoms with Gasteiger partial charge >= 0.3 is 5.97 Å². The van der Waals surface area contributed by atoms with Crippen LogP contribution in [0.1, 0.15) is 33.6 Å². The Hall–Kier alpha value is -0.790. The van der Waals surface area contributed by atoms with Crippen molar-refractivity contribution in [1.82, 2.24) is 0 Å². The number of hydrogen-bond donors (Lipinski definition) is 0. The van der Waals surface area contributed by atoms with Crippen molar-refractivity contribution >= 4 is 5.97 Å². The summed E-state index contributed by atoms with van der Waals surface area (Å²) in [6.07, 6.45) is 2.59. The molecule has 2 aliphatic rings. The van der Waals surface area contributed by atoms with Crippen LogP contribution in [0.3, 0.4) is 0 Å². The molecule has 2 nitrogen and oxygen atoms in total. The lowest BCUT2D eigenvalue weighted by Gasteiger charge is -2.31. The second-order valence-electron chi connectivity index (χ2n) is 5.75. The van der Waals surface area contributed by atoms with Gasteiger partial charge in [-0.15, -0.1) is 0 Å². The number of ether oxygens (including phenoxy) is 1. The Morgan fingerprint density at radius 2 is 2.00 bits per heavy atom. The number of esters is 1. The minimum absolute atomic E-state index is 0.233. The number of fused-ring (bicyclic) bond motifs is 2. The van der Waals surface area contributed by atoms with Crippen LogP contribution in [-0.4, -0.2) is 12.6 Å². The van der Waals surface area contributed by atoms with Crippen LogP contribution < -0.4 is 0 Å². The molecule has 0 N–H and O–H groups in total.